The van der Waals surface area contributed by atoms with E-state index in [-0.39, 0.29) is 10.8 Å². The Hall–Kier alpha value is -2.48. The Balaban J connectivity index is 1.91. The van der Waals surface area contributed by atoms with Gasteiger partial charge in [-0.1, -0.05) is 35.3 Å². The SMILES string of the molecule is O=[N+]([O-])c1ccccc1/C=C/C=N\NC(=S)Nc1ccc(Cl)cc1Cl. The first-order chi connectivity index (χ1) is 12.0. The summed E-state index contributed by atoms with van der Waals surface area (Å²) >= 11 is 16.9. The zero-order valence-electron chi connectivity index (χ0n) is 12.6. The molecule has 0 spiro atoms. The lowest BCUT2D eigenvalue weighted by molar-refractivity contribution is -0.385. The summed E-state index contributed by atoms with van der Waals surface area (Å²) in [5.41, 5.74) is 3.70. The molecule has 0 aliphatic heterocycles. The molecule has 2 aromatic rings. The zero-order valence-corrected chi connectivity index (χ0v) is 15.0. The van der Waals surface area contributed by atoms with E-state index in [9.17, 15) is 10.1 Å². The zero-order chi connectivity index (χ0) is 18.2. The summed E-state index contributed by atoms with van der Waals surface area (Å²) in [5, 5.41) is 18.9. The number of nitro groups is 1. The number of hydrazone groups is 1. The van der Waals surface area contributed by atoms with Crippen LogP contribution in [0.15, 0.2) is 53.6 Å². The van der Waals surface area contributed by atoms with E-state index in [1.54, 1.807) is 48.6 Å². The average molecular weight is 395 g/mol. The second-order valence-electron chi connectivity index (χ2n) is 4.64. The van der Waals surface area contributed by atoms with Gasteiger partial charge in [-0.25, -0.2) is 0 Å². The minimum atomic E-state index is -0.441. The van der Waals surface area contributed by atoms with Crippen LogP contribution < -0.4 is 10.7 Å². The Kier molecular flexibility index (Phi) is 6.88. The van der Waals surface area contributed by atoms with Crippen molar-refractivity contribution in [2.45, 2.75) is 0 Å². The van der Waals surface area contributed by atoms with Crippen molar-refractivity contribution in [3.63, 3.8) is 0 Å². The van der Waals surface area contributed by atoms with E-state index in [0.717, 1.165) is 0 Å². The molecule has 0 heterocycles. The van der Waals surface area contributed by atoms with Crippen molar-refractivity contribution in [3.05, 3.63) is 74.3 Å². The van der Waals surface area contributed by atoms with Crippen LogP contribution in [0.3, 0.4) is 0 Å². The molecular formula is C16H12Cl2N4O2S. The van der Waals surface area contributed by atoms with Crippen molar-refractivity contribution in [2.24, 2.45) is 5.10 Å². The highest BCUT2D eigenvalue weighted by molar-refractivity contribution is 7.80. The van der Waals surface area contributed by atoms with Gasteiger partial charge < -0.3 is 5.32 Å². The Labute approximate surface area is 159 Å². The number of hydrogen-bond donors (Lipinski definition) is 2. The second-order valence-corrected chi connectivity index (χ2v) is 5.90. The van der Waals surface area contributed by atoms with Gasteiger partial charge in [-0.3, -0.25) is 15.5 Å². The Morgan fingerprint density at radius 2 is 2.00 bits per heavy atom. The van der Waals surface area contributed by atoms with Gasteiger partial charge >= 0.3 is 0 Å². The molecule has 0 amide bonds. The van der Waals surface area contributed by atoms with Gasteiger partial charge in [-0.2, -0.15) is 5.10 Å². The third kappa shape index (κ3) is 5.82. The number of anilines is 1. The summed E-state index contributed by atoms with van der Waals surface area (Å²) in [6.07, 6.45) is 4.57. The number of nitro benzene ring substituents is 1. The molecule has 0 saturated carbocycles. The smallest absolute Gasteiger partial charge is 0.276 e. The minimum absolute atomic E-state index is 0.0228. The van der Waals surface area contributed by atoms with E-state index in [0.29, 0.717) is 21.3 Å². The molecule has 0 fully saturated rings. The van der Waals surface area contributed by atoms with E-state index in [2.05, 4.69) is 15.8 Å². The number of benzene rings is 2. The van der Waals surface area contributed by atoms with E-state index in [1.165, 1.54) is 12.3 Å². The van der Waals surface area contributed by atoms with Gasteiger partial charge in [-0.05, 0) is 48.6 Å². The molecule has 2 N–H and O–H groups in total. The minimum Gasteiger partial charge on any atom is -0.330 e. The standard InChI is InChI=1S/C16H12Cl2N4O2S/c17-12-7-8-14(13(18)10-12)20-16(25)21-19-9-3-5-11-4-1-2-6-15(11)22(23)24/h1-10H,(H2,20,21,25)/b5-3+,19-9-. The van der Waals surface area contributed by atoms with Crippen molar-refractivity contribution in [1.82, 2.24) is 5.43 Å². The lowest BCUT2D eigenvalue weighted by Gasteiger charge is -2.08. The fourth-order valence-electron chi connectivity index (χ4n) is 1.82. The van der Waals surface area contributed by atoms with Crippen LogP contribution in [-0.2, 0) is 0 Å². The average Bonchev–Trinajstić information content (AvgIpc) is 2.57. The first kappa shape index (κ1) is 18.9. The van der Waals surface area contributed by atoms with E-state index in [1.807, 2.05) is 0 Å². The van der Waals surface area contributed by atoms with E-state index in [4.69, 9.17) is 35.4 Å². The van der Waals surface area contributed by atoms with Gasteiger partial charge in [-0.15, -0.1) is 0 Å². The number of hydrogen-bond acceptors (Lipinski definition) is 4. The van der Waals surface area contributed by atoms with Crippen molar-refractivity contribution >= 4 is 64.2 Å². The Morgan fingerprint density at radius 1 is 1.24 bits per heavy atom. The Morgan fingerprint density at radius 3 is 2.72 bits per heavy atom. The highest BCUT2D eigenvalue weighted by Gasteiger charge is 2.08. The highest BCUT2D eigenvalue weighted by atomic mass is 35.5. The summed E-state index contributed by atoms with van der Waals surface area (Å²) in [4.78, 5) is 10.5. The first-order valence-electron chi connectivity index (χ1n) is 6.92. The van der Waals surface area contributed by atoms with E-state index >= 15 is 0 Å². The fourth-order valence-corrected chi connectivity index (χ4v) is 2.44. The van der Waals surface area contributed by atoms with Crippen LogP contribution in [0.25, 0.3) is 6.08 Å². The predicted octanol–water partition coefficient (Wildman–Crippen LogP) is 4.89. The number of nitrogens with one attached hydrogen (secondary N) is 2. The molecule has 0 aromatic heterocycles. The van der Waals surface area contributed by atoms with Crippen LogP contribution in [0.5, 0.6) is 0 Å². The molecule has 0 aliphatic carbocycles. The topological polar surface area (TPSA) is 79.6 Å². The lowest BCUT2D eigenvalue weighted by Crippen LogP contribution is -2.23. The fraction of sp³-hybridized carbons (Fsp3) is 0. The van der Waals surface area contributed by atoms with Gasteiger partial charge in [0.1, 0.15) is 0 Å². The lowest BCUT2D eigenvalue weighted by atomic mass is 10.2. The summed E-state index contributed by atoms with van der Waals surface area (Å²) in [5.74, 6) is 0. The molecule has 0 radical (unpaired) electrons. The molecular weight excluding hydrogens is 383 g/mol. The maximum absolute atomic E-state index is 10.9. The quantitative estimate of drug-likeness (QED) is 0.326. The number of allylic oxidation sites excluding steroid dienone is 1. The molecule has 0 aliphatic rings. The van der Waals surface area contributed by atoms with Crippen molar-refractivity contribution in [2.75, 3.05) is 5.32 Å². The highest BCUT2D eigenvalue weighted by Crippen LogP contribution is 2.25. The predicted molar refractivity (Wildman–Crippen MR) is 106 cm³/mol. The molecule has 0 unspecified atom stereocenters. The number of halogens is 2. The summed E-state index contributed by atoms with van der Waals surface area (Å²) in [6.45, 7) is 0. The third-order valence-corrected chi connectivity index (χ3v) is 3.66. The Bertz CT molecular complexity index is 856. The van der Waals surface area contributed by atoms with Gasteiger partial charge in [0.2, 0.25) is 0 Å². The molecule has 0 saturated heterocycles. The molecule has 2 rings (SSSR count). The summed E-state index contributed by atoms with van der Waals surface area (Å²) in [6, 6.07) is 11.4. The summed E-state index contributed by atoms with van der Waals surface area (Å²) < 4.78 is 0. The van der Waals surface area contributed by atoms with Gasteiger partial charge in [0.15, 0.2) is 5.11 Å². The second kappa shape index (κ2) is 9.12. The van der Waals surface area contributed by atoms with Crippen LogP contribution in [-0.4, -0.2) is 16.3 Å². The van der Waals surface area contributed by atoms with Crippen LogP contribution >= 0.6 is 35.4 Å². The van der Waals surface area contributed by atoms with Gasteiger partial charge in [0.25, 0.3) is 5.69 Å². The van der Waals surface area contributed by atoms with Crippen LogP contribution in [0.4, 0.5) is 11.4 Å². The van der Waals surface area contributed by atoms with Crippen molar-refractivity contribution in [3.8, 4) is 0 Å². The molecule has 2 aromatic carbocycles. The van der Waals surface area contributed by atoms with Gasteiger partial charge in [0, 0.05) is 17.3 Å². The maximum atomic E-state index is 10.9. The number of para-hydroxylation sites is 1. The largest absolute Gasteiger partial charge is 0.330 e. The summed E-state index contributed by atoms with van der Waals surface area (Å²) in [7, 11) is 0. The van der Waals surface area contributed by atoms with Crippen molar-refractivity contribution < 1.29 is 4.92 Å². The number of thiocarbonyl (C=S) groups is 1. The normalized spacial score (nSPS) is 11.0. The molecule has 6 nitrogen and oxygen atoms in total. The maximum Gasteiger partial charge on any atom is 0.276 e. The number of rotatable bonds is 5. The van der Waals surface area contributed by atoms with Gasteiger partial charge in [0.05, 0.1) is 21.2 Å². The molecule has 25 heavy (non-hydrogen) atoms. The van der Waals surface area contributed by atoms with Crippen LogP contribution in [0.2, 0.25) is 10.0 Å². The van der Waals surface area contributed by atoms with E-state index < -0.39 is 4.92 Å². The van der Waals surface area contributed by atoms with Crippen molar-refractivity contribution in [1.29, 1.82) is 0 Å². The molecule has 0 atom stereocenters. The third-order valence-electron chi connectivity index (χ3n) is 2.92. The molecule has 128 valence electrons. The molecule has 0 bridgehead atoms. The monoisotopic (exact) mass is 394 g/mol. The number of nitrogens with zero attached hydrogens (tertiary/aromatic N) is 2. The van der Waals surface area contributed by atoms with Crippen LogP contribution in [0, 0.1) is 10.1 Å². The molecule has 9 heteroatoms. The first-order valence-corrected chi connectivity index (χ1v) is 8.09. The van der Waals surface area contributed by atoms with Crippen LogP contribution in [0.1, 0.15) is 5.56 Å².